The second kappa shape index (κ2) is 7.26. The maximum Gasteiger partial charge on any atom is 0.310 e. The van der Waals surface area contributed by atoms with Crippen molar-refractivity contribution in [2.24, 2.45) is 5.73 Å². The van der Waals surface area contributed by atoms with Crippen molar-refractivity contribution in [1.29, 1.82) is 0 Å². The highest BCUT2D eigenvalue weighted by atomic mass is 16.6. The number of nitrogens with two attached hydrogens (primary N) is 1. The molecule has 0 bridgehead atoms. The van der Waals surface area contributed by atoms with Gasteiger partial charge in [0.25, 0.3) is 0 Å². The highest BCUT2D eigenvalue weighted by molar-refractivity contribution is 5.73. The molecule has 1 aliphatic rings. The quantitative estimate of drug-likeness (QED) is 0.823. The fourth-order valence-corrected chi connectivity index (χ4v) is 2.26. The first kappa shape index (κ1) is 14.0. The van der Waals surface area contributed by atoms with Crippen molar-refractivity contribution in [1.82, 2.24) is 0 Å². The molecule has 1 unspecified atom stereocenters. The van der Waals surface area contributed by atoms with E-state index in [1.54, 1.807) is 0 Å². The maximum absolute atomic E-state index is 11.8. The standard InChI is InChI=1S/C15H21NO3/c16-10-13-6-2-1-5-12(13)9-15(17)19-11-14-7-3-4-8-18-14/h1-2,5-6,14H,3-4,7-11,16H2. The maximum atomic E-state index is 11.8. The Morgan fingerprint density at radius 2 is 2.11 bits per heavy atom. The van der Waals surface area contributed by atoms with Crippen LogP contribution in [0.15, 0.2) is 24.3 Å². The molecule has 1 fully saturated rings. The van der Waals surface area contributed by atoms with Crippen LogP contribution in [0.3, 0.4) is 0 Å². The van der Waals surface area contributed by atoms with Crippen molar-refractivity contribution in [2.75, 3.05) is 13.2 Å². The lowest BCUT2D eigenvalue weighted by molar-refractivity contribution is -0.148. The Morgan fingerprint density at radius 3 is 2.79 bits per heavy atom. The van der Waals surface area contributed by atoms with Crippen molar-refractivity contribution >= 4 is 5.97 Å². The summed E-state index contributed by atoms with van der Waals surface area (Å²) in [7, 11) is 0. The number of hydrogen-bond donors (Lipinski definition) is 1. The van der Waals surface area contributed by atoms with Gasteiger partial charge in [-0.25, -0.2) is 0 Å². The molecule has 0 radical (unpaired) electrons. The highest BCUT2D eigenvalue weighted by Crippen LogP contribution is 2.14. The van der Waals surface area contributed by atoms with Gasteiger partial charge in [-0.2, -0.15) is 0 Å². The molecule has 2 rings (SSSR count). The minimum Gasteiger partial charge on any atom is -0.463 e. The Bertz CT molecular complexity index is 414. The van der Waals surface area contributed by atoms with E-state index >= 15 is 0 Å². The van der Waals surface area contributed by atoms with Gasteiger partial charge in [-0.15, -0.1) is 0 Å². The van der Waals surface area contributed by atoms with Gasteiger partial charge < -0.3 is 15.2 Å². The van der Waals surface area contributed by atoms with Crippen molar-refractivity contribution in [3.63, 3.8) is 0 Å². The van der Waals surface area contributed by atoms with Gasteiger partial charge in [-0.1, -0.05) is 24.3 Å². The molecule has 1 atom stereocenters. The van der Waals surface area contributed by atoms with Gasteiger partial charge in [0.1, 0.15) is 6.61 Å². The average Bonchev–Trinajstić information content (AvgIpc) is 2.47. The molecule has 4 nitrogen and oxygen atoms in total. The summed E-state index contributed by atoms with van der Waals surface area (Å²) in [6.07, 6.45) is 3.58. The zero-order chi connectivity index (χ0) is 13.5. The van der Waals surface area contributed by atoms with Crippen LogP contribution in [-0.4, -0.2) is 25.3 Å². The summed E-state index contributed by atoms with van der Waals surface area (Å²) in [4.78, 5) is 11.8. The van der Waals surface area contributed by atoms with E-state index in [4.69, 9.17) is 15.2 Å². The smallest absolute Gasteiger partial charge is 0.310 e. The fraction of sp³-hybridized carbons (Fsp3) is 0.533. The number of carbonyl (C=O) groups excluding carboxylic acids is 1. The van der Waals surface area contributed by atoms with E-state index in [1.165, 1.54) is 0 Å². The predicted octanol–water partition coefficient (Wildman–Crippen LogP) is 1.80. The number of hydrogen-bond acceptors (Lipinski definition) is 4. The van der Waals surface area contributed by atoms with Gasteiger partial charge in [0.2, 0.25) is 0 Å². The number of esters is 1. The summed E-state index contributed by atoms with van der Waals surface area (Å²) in [5.41, 5.74) is 7.58. The SMILES string of the molecule is NCc1ccccc1CC(=O)OCC1CCCCO1. The molecule has 1 saturated heterocycles. The second-order valence-electron chi connectivity index (χ2n) is 4.82. The fourth-order valence-electron chi connectivity index (χ4n) is 2.26. The number of benzene rings is 1. The molecule has 1 heterocycles. The predicted molar refractivity (Wildman–Crippen MR) is 72.6 cm³/mol. The summed E-state index contributed by atoms with van der Waals surface area (Å²) in [6.45, 7) is 1.58. The van der Waals surface area contributed by atoms with Crippen LogP contribution in [0.5, 0.6) is 0 Å². The first-order valence-electron chi connectivity index (χ1n) is 6.83. The molecule has 0 aromatic heterocycles. The van der Waals surface area contributed by atoms with E-state index < -0.39 is 0 Å². The third-order valence-corrected chi connectivity index (χ3v) is 3.38. The largest absolute Gasteiger partial charge is 0.463 e. The van der Waals surface area contributed by atoms with E-state index in [1.807, 2.05) is 24.3 Å². The van der Waals surface area contributed by atoms with Crippen molar-refractivity contribution in [3.05, 3.63) is 35.4 Å². The molecule has 0 amide bonds. The normalized spacial score (nSPS) is 19.1. The monoisotopic (exact) mass is 263 g/mol. The highest BCUT2D eigenvalue weighted by Gasteiger charge is 2.16. The summed E-state index contributed by atoms with van der Waals surface area (Å²) in [5.74, 6) is -0.213. The Kier molecular flexibility index (Phi) is 5.36. The van der Waals surface area contributed by atoms with Crippen LogP contribution >= 0.6 is 0 Å². The van der Waals surface area contributed by atoms with Crippen LogP contribution < -0.4 is 5.73 Å². The molecule has 19 heavy (non-hydrogen) atoms. The van der Waals surface area contributed by atoms with Crippen LogP contribution in [0.4, 0.5) is 0 Å². The third kappa shape index (κ3) is 4.33. The number of ether oxygens (including phenoxy) is 2. The molecule has 1 aromatic carbocycles. The molecular formula is C15H21NO3. The second-order valence-corrected chi connectivity index (χ2v) is 4.82. The molecule has 1 aliphatic heterocycles. The first-order chi connectivity index (χ1) is 9.29. The molecular weight excluding hydrogens is 242 g/mol. The Hall–Kier alpha value is -1.39. The topological polar surface area (TPSA) is 61.6 Å². The van der Waals surface area contributed by atoms with Gasteiger partial charge >= 0.3 is 5.97 Å². The Morgan fingerprint density at radius 1 is 1.32 bits per heavy atom. The lowest BCUT2D eigenvalue weighted by Gasteiger charge is -2.22. The van der Waals surface area contributed by atoms with Crippen molar-refractivity contribution in [3.8, 4) is 0 Å². The van der Waals surface area contributed by atoms with Gasteiger partial charge in [-0.3, -0.25) is 4.79 Å². The van der Waals surface area contributed by atoms with E-state index in [9.17, 15) is 4.79 Å². The van der Waals surface area contributed by atoms with E-state index in [0.717, 1.165) is 37.0 Å². The minimum absolute atomic E-state index is 0.0717. The molecule has 0 saturated carbocycles. The van der Waals surface area contributed by atoms with Crippen LogP contribution in [0.2, 0.25) is 0 Å². The zero-order valence-electron chi connectivity index (χ0n) is 11.1. The Labute approximate surface area is 113 Å². The molecule has 2 N–H and O–H groups in total. The molecule has 0 aliphatic carbocycles. The minimum atomic E-state index is -0.213. The molecule has 0 spiro atoms. The summed E-state index contributed by atoms with van der Waals surface area (Å²) in [5, 5.41) is 0. The zero-order valence-corrected chi connectivity index (χ0v) is 11.1. The molecule has 4 heteroatoms. The van der Waals surface area contributed by atoms with Crippen LogP contribution in [0, 0.1) is 0 Å². The van der Waals surface area contributed by atoms with Crippen molar-refractivity contribution < 1.29 is 14.3 Å². The van der Waals surface area contributed by atoms with Gasteiger partial charge in [0, 0.05) is 13.2 Å². The van der Waals surface area contributed by atoms with E-state index in [2.05, 4.69) is 0 Å². The average molecular weight is 263 g/mol. The lowest BCUT2D eigenvalue weighted by atomic mass is 10.0. The van der Waals surface area contributed by atoms with Crippen molar-refractivity contribution in [2.45, 2.75) is 38.3 Å². The molecule has 104 valence electrons. The van der Waals surface area contributed by atoms with Crippen LogP contribution in [-0.2, 0) is 27.2 Å². The molecule has 1 aromatic rings. The number of rotatable bonds is 5. The summed E-state index contributed by atoms with van der Waals surface area (Å²) >= 11 is 0. The Balaban J connectivity index is 1.80. The number of carbonyl (C=O) groups is 1. The lowest BCUT2D eigenvalue weighted by Crippen LogP contribution is -2.26. The summed E-state index contributed by atoms with van der Waals surface area (Å²) in [6, 6.07) is 7.69. The first-order valence-corrected chi connectivity index (χ1v) is 6.83. The van der Waals surface area contributed by atoms with Gasteiger partial charge in [0.05, 0.1) is 12.5 Å². The van der Waals surface area contributed by atoms with Gasteiger partial charge in [-0.05, 0) is 30.4 Å². The van der Waals surface area contributed by atoms with E-state index in [-0.39, 0.29) is 18.5 Å². The third-order valence-electron chi connectivity index (χ3n) is 3.38. The van der Waals surface area contributed by atoms with Gasteiger partial charge in [0.15, 0.2) is 0 Å². The summed E-state index contributed by atoms with van der Waals surface area (Å²) < 4.78 is 10.8. The van der Waals surface area contributed by atoms with E-state index in [0.29, 0.717) is 13.2 Å². The van der Waals surface area contributed by atoms with Crippen LogP contribution in [0.25, 0.3) is 0 Å². The van der Waals surface area contributed by atoms with Crippen LogP contribution in [0.1, 0.15) is 30.4 Å².